The second kappa shape index (κ2) is 5.48. The van der Waals surface area contributed by atoms with Crippen molar-refractivity contribution in [2.45, 2.75) is 13.5 Å². The summed E-state index contributed by atoms with van der Waals surface area (Å²) in [6.45, 7) is 1.96. The maximum atomic E-state index is 13.0. The number of nitrogen functional groups attached to an aromatic ring is 1. The van der Waals surface area contributed by atoms with Gasteiger partial charge in [-0.05, 0) is 37.3 Å². The molecule has 6 heteroatoms. The lowest BCUT2D eigenvalue weighted by Gasteiger charge is -2.10. The van der Waals surface area contributed by atoms with E-state index in [4.69, 9.17) is 5.73 Å². The monoisotopic (exact) mass is 298 g/mol. The molecule has 0 saturated carbocycles. The molecule has 0 radical (unpaired) electrons. The van der Waals surface area contributed by atoms with Crippen LogP contribution < -0.4 is 11.1 Å². The Kier molecular flexibility index (Phi) is 3.50. The van der Waals surface area contributed by atoms with E-state index in [-0.39, 0.29) is 18.1 Å². The summed E-state index contributed by atoms with van der Waals surface area (Å²) < 4.78 is 14.8. The predicted molar refractivity (Wildman–Crippen MR) is 83.9 cm³/mol. The van der Waals surface area contributed by atoms with Gasteiger partial charge in [-0.25, -0.2) is 9.37 Å². The first-order chi connectivity index (χ1) is 10.5. The van der Waals surface area contributed by atoms with Gasteiger partial charge in [0.1, 0.15) is 18.2 Å². The van der Waals surface area contributed by atoms with E-state index in [2.05, 4.69) is 10.3 Å². The van der Waals surface area contributed by atoms with Crippen LogP contribution in [0.3, 0.4) is 0 Å². The SMILES string of the molecule is Cc1nc2ccccc2n1CC(=O)Nc1ccc(F)cc1N. The van der Waals surface area contributed by atoms with Crippen LogP contribution in [-0.2, 0) is 11.3 Å². The van der Waals surface area contributed by atoms with Gasteiger partial charge in [-0.2, -0.15) is 0 Å². The highest BCUT2D eigenvalue weighted by Crippen LogP contribution is 2.20. The highest BCUT2D eigenvalue weighted by molar-refractivity contribution is 5.94. The number of para-hydroxylation sites is 2. The summed E-state index contributed by atoms with van der Waals surface area (Å²) in [6, 6.07) is 11.5. The normalized spacial score (nSPS) is 10.8. The molecule has 0 aliphatic carbocycles. The highest BCUT2D eigenvalue weighted by Gasteiger charge is 2.12. The van der Waals surface area contributed by atoms with Crippen molar-refractivity contribution in [3.05, 3.63) is 54.1 Å². The number of carbonyl (C=O) groups is 1. The Morgan fingerprint density at radius 2 is 2.09 bits per heavy atom. The molecule has 3 rings (SSSR count). The molecule has 0 unspecified atom stereocenters. The molecule has 3 N–H and O–H groups in total. The minimum atomic E-state index is -0.438. The average Bonchev–Trinajstić information content (AvgIpc) is 2.78. The van der Waals surface area contributed by atoms with Crippen LogP contribution in [0.2, 0.25) is 0 Å². The lowest BCUT2D eigenvalue weighted by molar-refractivity contribution is -0.116. The van der Waals surface area contributed by atoms with Crippen LogP contribution in [0.1, 0.15) is 5.82 Å². The molecule has 0 saturated heterocycles. The second-order valence-electron chi connectivity index (χ2n) is 5.01. The molecule has 1 amide bonds. The third-order valence-corrected chi connectivity index (χ3v) is 3.43. The number of amides is 1. The van der Waals surface area contributed by atoms with Gasteiger partial charge < -0.3 is 15.6 Å². The van der Waals surface area contributed by atoms with Crippen molar-refractivity contribution in [2.24, 2.45) is 0 Å². The Morgan fingerprint density at radius 1 is 1.32 bits per heavy atom. The molecule has 0 spiro atoms. The molecule has 0 aliphatic rings. The first-order valence-electron chi connectivity index (χ1n) is 6.81. The number of nitrogens with one attached hydrogen (secondary N) is 1. The number of aryl methyl sites for hydroxylation is 1. The zero-order chi connectivity index (χ0) is 15.7. The van der Waals surface area contributed by atoms with Gasteiger partial charge in [-0.15, -0.1) is 0 Å². The van der Waals surface area contributed by atoms with Crippen molar-refractivity contribution in [1.29, 1.82) is 0 Å². The van der Waals surface area contributed by atoms with Crippen molar-refractivity contribution >= 4 is 28.3 Å². The number of halogens is 1. The smallest absolute Gasteiger partial charge is 0.244 e. The van der Waals surface area contributed by atoms with Crippen molar-refractivity contribution < 1.29 is 9.18 Å². The van der Waals surface area contributed by atoms with E-state index in [0.717, 1.165) is 16.9 Å². The Labute approximate surface area is 126 Å². The number of rotatable bonds is 3. The quantitative estimate of drug-likeness (QED) is 0.730. The van der Waals surface area contributed by atoms with Gasteiger partial charge in [-0.3, -0.25) is 4.79 Å². The number of benzene rings is 2. The van der Waals surface area contributed by atoms with Crippen LogP contribution in [0.25, 0.3) is 11.0 Å². The van der Waals surface area contributed by atoms with E-state index in [1.54, 1.807) is 0 Å². The molecular weight excluding hydrogens is 283 g/mol. The Bertz CT molecular complexity index is 856. The number of nitrogens with zero attached hydrogens (tertiary/aromatic N) is 2. The number of anilines is 2. The van der Waals surface area contributed by atoms with Crippen LogP contribution in [0.15, 0.2) is 42.5 Å². The summed E-state index contributed by atoms with van der Waals surface area (Å²) >= 11 is 0. The average molecular weight is 298 g/mol. The molecule has 2 aromatic carbocycles. The molecule has 0 bridgehead atoms. The summed E-state index contributed by atoms with van der Waals surface area (Å²) in [5, 5.41) is 2.69. The van der Waals surface area contributed by atoms with Crippen LogP contribution in [-0.4, -0.2) is 15.5 Å². The molecule has 5 nitrogen and oxygen atoms in total. The maximum absolute atomic E-state index is 13.0. The fraction of sp³-hybridized carbons (Fsp3) is 0.125. The molecule has 3 aromatic rings. The van der Waals surface area contributed by atoms with Crippen molar-refractivity contribution in [3.8, 4) is 0 Å². The van der Waals surface area contributed by atoms with E-state index < -0.39 is 5.82 Å². The first kappa shape index (κ1) is 14.1. The van der Waals surface area contributed by atoms with Crippen LogP contribution in [0.5, 0.6) is 0 Å². The largest absolute Gasteiger partial charge is 0.397 e. The standard InChI is InChI=1S/C16H15FN4O/c1-10-19-14-4-2-3-5-15(14)21(10)9-16(22)20-13-7-6-11(17)8-12(13)18/h2-8H,9,18H2,1H3,(H,20,22). The van der Waals surface area contributed by atoms with E-state index in [1.807, 2.05) is 35.8 Å². The number of imidazole rings is 1. The summed E-state index contributed by atoms with van der Waals surface area (Å²) in [5.41, 5.74) is 8.01. The van der Waals surface area contributed by atoms with Gasteiger partial charge in [0.2, 0.25) is 5.91 Å². The van der Waals surface area contributed by atoms with Crippen molar-refractivity contribution in [3.63, 3.8) is 0 Å². The maximum Gasteiger partial charge on any atom is 0.244 e. The first-order valence-corrected chi connectivity index (χ1v) is 6.81. The Hall–Kier alpha value is -2.89. The number of nitrogens with two attached hydrogens (primary N) is 1. The Morgan fingerprint density at radius 3 is 2.86 bits per heavy atom. The zero-order valence-corrected chi connectivity index (χ0v) is 12.0. The number of hydrogen-bond donors (Lipinski definition) is 2. The molecule has 112 valence electrons. The van der Waals surface area contributed by atoms with Crippen molar-refractivity contribution in [1.82, 2.24) is 9.55 Å². The summed E-state index contributed by atoms with van der Waals surface area (Å²) in [5.74, 6) is 0.0694. The topological polar surface area (TPSA) is 72.9 Å². The fourth-order valence-corrected chi connectivity index (χ4v) is 2.38. The summed E-state index contributed by atoms with van der Waals surface area (Å²) in [7, 11) is 0. The molecular formula is C16H15FN4O. The molecule has 1 heterocycles. The van der Waals surface area contributed by atoms with E-state index >= 15 is 0 Å². The number of aromatic nitrogens is 2. The zero-order valence-electron chi connectivity index (χ0n) is 12.0. The van der Waals surface area contributed by atoms with Gasteiger partial charge in [0.15, 0.2) is 0 Å². The summed E-state index contributed by atoms with van der Waals surface area (Å²) in [6.07, 6.45) is 0. The number of fused-ring (bicyclic) bond motifs is 1. The van der Waals surface area contributed by atoms with Crippen LogP contribution in [0, 0.1) is 12.7 Å². The predicted octanol–water partition coefficient (Wildman–Crippen LogP) is 2.70. The molecule has 0 aliphatic heterocycles. The van der Waals surface area contributed by atoms with Crippen LogP contribution in [0.4, 0.5) is 15.8 Å². The van der Waals surface area contributed by atoms with Gasteiger partial charge in [0, 0.05) is 0 Å². The molecule has 1 aromatic heterocycles. The fourth-order valence-electron chi connectivity index (χ4n) is 2.38. The van der Waals surface area contributed by atoms with Gasteiger partial charge in [0.05, 0.1) is 22.4 Å². The lowest BCUT2D eigenvalue weighted by Crippen LogP contribution is -2.20. The second-order valence-corrected chi connectivity index (χ2v) is 5.01. The number of carbonyl (C=O) groups excluding carboxylic acids is 1. The number of hydrogen-bond acceptors (Lipinski definition) is 3. The minimum absolute atomic E-state index is 0.114. The van der Waals surface area contributed by atoms with E-state index in [0.29, 0.717) is 5.69 Å². The summed E-state index contributed by atoms with van der Waals surface area (Å²) in [4.78, 5) is 16.6. The van der Waals surface area contributed by atoms with Crippen LogP contribution >= 0.6 is 0 Å². The molecule has 0 atom stereocenters. The van der Waals surface area contributed by atoms with Gasteiger partial charge in [0.25, 0.3) is 0 Å². The molecule has 22 heavy (non-hydrogen) atoms. The minimum Gasteiger partial charge on any atom is -0.397 e. The van der Waals surface area contributed by atoms with Crippen molar-refractivity contribution in [2.75, 3.05) is 11.1 Å². The third kappa shape index (κ3) is 2.63. The lowest BCUT2D eigenvalue weighted by atomic mass is 10.2. The van der Waals surface area contributed by atoms with E-state index in [9.17, 15) is 9.18 Å². The van der Waals surface area contributed by atoms with Gasteiger partial charge >= 0.3 is 0 Å². The van der Waals surface area contributed by atoms with Gasteiger partial charge in [-0.1, -0.05) is 12.1 Å². The Balaban J connectivity index is 1.83. The van der Waals surface area contributed by atoms with E-state index in [1.165, 1.54) is 18.2 Å². The molecule has 0 fully saturated rings. The third-order valence-electron chi connectivity index (χ3n) is 3.43. The highest BCUT2D eigenvalue weighted by atomic mass is 19.1.